The molecular weight excluding hydrogens is 208 g/mol. The van der Waals surface area contributed by atoms with Crippen LogP contribution in [0.3, 0.4) is 0 Å². The van der Waals surface area contributed by atoms with Crippen LogP contribution in [0.1, 0.15) is 40.0 Å². The Kier molecular flexibility index (Phi) is 6.03. The van der Waals surface area contributed by atoms with Crippen molar-refractivity contribution in [2.75, 3.05) is 6.54 Å². The van der Waals surface area contributed by atoms with E-state index in [4.69, 9.17) is 10.8 Å². The summed E-state index contributed by atoms with van der Waals surface area (Å²) in [7, 11) is 0. The van der Waals surface area contributed by atoms with Crippen LogP contribution < -0.4 is 11.1 Å². The van der Waals surface area contributed by atoms with Crippen molar-refractivity contribution >= 4 is 11.9 Å². The topological polar surface area (TPSA) is 92.4 Å². The van der Waals surface area contributed by atoms with Gasteiger partial charge in [-0.15, -0.1) is 0 Å². The summed E-state index contributed by atoms with van der Waals surface area (Å²) in [5.74, 6) is -1.21. The Labute approximate surface area is 96.4 Å². The summed E-state index contributed by atoms with van der Waals surface area (Å²) in [6.07, 6.45) is 0.967. The predicted molar refractivity (Wildman–Crippen MR) is 61.9 cm³/mol. The van der Waals surface area contributed by atoms with E-state index in [-0.39, 0.29) is 24.2 Å². The second-order valence-electron chi connectivity index (χ2n) is 5.14. The Morgan fingerprint density at radius 2 is 1.94 bits per heavy atom. The fourth-order valence-corrected chi connectivity index (χ4v) is 1.10. The minimum atomic E-state index is -0.932. The SMILES string of the molecule is CC(C)(C)CCNC(=O)[C@H](N)CCC(=O)O. The maximum atomic E-state index is 11.4. The Balaban J connectivity index is 3.75. The number of nitrogens with two attached hydrogens (primary N) is 1. The molecule has 1 atom stereocenters. The van der Waals surface area contributed by atoms with Gasteiger partial charge in [-0.1, -0.05) is 20.8 Å². The Hall–Kier alpha value is -1.10. The minimum absolute atomic E-state index is 0.0755. The maximum Gasteiger partial charge on any atom is 0.303 e. The lowest BCUT2D eigenvalue weighted by molar-refractivity contribution is -0.137. The zero-order valence-electron chi connectivity index (χ0n) is 10.2. The third kappa shape index (κ3) is 8.23. The predicted octanol–water partition coefficient (Wildman–Crippen LogP) is 0.731. The molecule has 0 spiro atoms. The molecule has 0 rings (SSSR count). The van der Waals surface area contributed by atoms with E-state index in [9.17, 15) is 9.59 Å². The number of carboxylic acid groups (broad SMARTS) is 1. The highest BCUT2D eigenvalue weighted by molar-refractivity contribution is 5.82. The fraction of sp³-hybridized carbons (Fsp3) is 0.818. The molecule has 0 fully saturated rings. The van der Waals surface area contributed by atoms with Crippen molar-refractivity contribution in [1.82, 2.24) is 5.32 Å². The van der Waals surface area contributed by atoms with Crippen LogP contribution in [0.4, 0.5) is 0 Å². The molecule has 0 radical (unpaired) electrons. The van der Waals surface area contributed by atoms with Crippen LogP contribution in [0.5, 0.6) is 0 Å². The lowest BCUT2D eigenvalue weighted by atomic mass is 9.92. The second-order valence-corrected chi connectivity index (χ2v) is 5.14. The van der Waals surface area contributed by atoms with Crippen LogP contribution in [-0.2, 0) is 9.59 Å². The first-order valence-corrected chi connectivity index (χ1v) is 5.47. The number of hydrogen-bond donors (Lipinski definition) is 3. The summed E-state index contributed by atoms with van der Waals surface area (Å²) in [6, 6.07) is -0.726. The van der Waals surface area contributed by atoms with Gasteiger partial charge in [0.2, 0.25) is 5.91 Å². The third-order valence-corrected chi connectivity index (χ3v) is 2.18. The van der Waals surface area contributed by atoms with E-state index < -0.39 is 12.0 Å². The van der Waals surface area contributed by atoms with Crippen LogP contribution in [0.15, 0.2) is 0 Å². The number of carbonyl (C=O) groups excluding carboxylic acids is 1. The highest BCUT2D eigenvalue weighted by atomic mass is 16.4. The summed E-state index contributed by atoms with van der Waals surface area (Å²) in [4.78, 5) is 21.7. The highest BCUT2D eigenvalue weighted by Crippen LogP contribution is 2.16. The van der Waals surface area contributed by atoms with Gasteiger partial charge in [-0.05, 0) is 18.3 Å². The van der Waals surface area contributed by atoms with Gasteiger partial charge in [-0.3, -0.25) is 9.59 Å². The first-order valence-electron chi connectivity index (χ1n) is 5.47. The van der Waals surface area contributed by atoms with E-state index in [0.29, 0.717) is 6.54 Å². The standard InChI is InChI=1S/C11H22N2O3/c1-11(2,3)6-7-13-10(16)8(12)4-5-9(14)15/h8H,4-7,12H2,1-3H3,(H,13,16)(H,14,15)/t8-/m1/s1. The third-order valence-electron chi connectivity index (χ3n) is 2.18. The van der Waals surface area contributed by atoms with Gasteiger partial charge in [0.15, 0.2) is 0 Å². The van der Waals surface area contributed by atoms with E-state index in [1.54, 1.807) is 0 Å². The van der Waals surface area contributed by atoms with Crippen molar-refractivity contribution in [3.05, 3.63) is 0 Å². The zero-order valence-corrected chi connectivity index (χ0v) is 10.2. The van der Waals surface area contributed by atoms with E-state index in [0.717, 1.165) is 6.42 Å². The molecule has 1 amide bonds. The Bertz CT molecular complexity index is 246. The second kappa shape index (κ2) is 6.48. The first-order chi connectivity index (χ1) is 7.22. The van der Waals surface area contributed by atoms with Crippen molar-refractivity contribution in [2.45, 2.75) is 46.1 Å². The Morgan fingerprint density at radius 3 is 2.38 bits per heavy atom. The zero-order chi connectivity index (χ0) is 12.8. The Morgan fingerprint density at radius 1 is 1.38 bits per heavy atom. The molecule has 0 saturated carbocycles. The first kappa shape index (κ1) is 14.9. The molecular formula is C11H22N2O3. The lowest BCUT2D eigenvalue weighted by Crippen LogP contribution is -2.41. The molecule has 0 aromatic rings. The van der Waals surface area contributed by atoms with Gasteiger partial charge in [0.25, 0.3) is 0 Å². The smallest absolute Gasteiger partial charge is 0.303 e. The maximum absolute atomic E-state index is 11.4. The summed E-state index contributed by atoms with van der Waals surface area (Å²) in [5.41, 5.74) is 5.71. The number of hydrogen-bond acceptors (Lipinski definition) is 3. The largest absolute Gasteiger partial charge is 0.481 e. The molecule has 0 heterocycles. The van der Waals surface area contributed by atoms with Gasteiger partial charge >= 0.3 is 5.97 Å². The van der Waals surface area contributed by atoms with Crippen molar-refractivity contribution < 1.29 is 14.7 Å². The monoisotopic (exact) mass is 230 g/mol. The molecule has 0 saturated heterocycles. The molecule has 16 heavy (non-hydrogen) atoms. The van der Waals surface area contributed by atoms with Gasteiger partial charge < -0.3 is 16.2 Å². The molecule has 5 nitrogen and oxygen atoms in total. The molecule has 0 aromatic carbocycles. The number of amides is 1. The van der Waals surface area contributed by atoms with Gasteiger partial charge in [-0.25, -0.2) is 0 Å². The van der Waals surface area contributed by atoms with Gasteiger partial charge in [0, 0.05) is 13.0 Å². The summed E-state index contributed by atoms with van der Waals surface area (Å²) >= 11 is 0. The van der Waals surface area contributed by atoms with E-state index >= 15 is 0 Å². The molecule has 0 aromatic heterocycles. The van der Waals surface area contributed by atoms with Crippen LogP contribution in [0, 0.1) is 5.41 Å². The number of carboxylic acids is 1. The number of carbonyl (C=O) groups is 2. The summed E-state index contributed by atoms with van der Waals surface area (Å²) in [6.45, 7) is 6.83. The van der Waals surface area contributed by atoms with Crippen molar-refractivity contribution in [1.29, 1.82) is 0 Å². The average molecular weight is 230 g/mol. The average Bonchev–Trinajstić information content (AvgIpc) is 2.11. The molecule has 0 bridgehead atoms. The van der Waals surface area contributed by atoms with E-state index in [1.807, 2.05) is 0 Å². The fourth-order valence-electron chi connectivity index (χ4n) is 1.10. The number of rotatable bonds is 6. The van der Waals surface area contributed by atoms with Gasteiger partial charge in [0.05, 0.1) is 6.04 Å². The van der Waals surface area contributed by atoms with Crippen LogP contribution >= 0.6 is 0 Å². The lowest BCUT2D eigenvalue weighted by Gasteiger charge is -2.19. The van der Waals surface area contributed by atoms with Crippen molar-refractivity contribution in [2.24, 2.45) is 11.1 Å². The van der Waals surface area contributed by atoms with Crippen LogP contribution in [0.25, 0.3) is 0 Å². The van der Waals surface area contributed by atoms with E-state index in [2.05, 4.69) is 26.1 Å². The van der Waals surface area contributed by atoms with Gasteiger partial charge in [-0.2, -0.15) is 0 Å². The molecule has 5 heteroatoms. The van der Waals surface area contributed by atoms with E-state index in [1.165, 1.54) is 0 Å². The minimum Gasteiger partial charge on any atom is -0.481 e. The number of aliphatic carboxylic acids is 1. The quantitative estimate of drug-likeness (QED) is 0.627. The van der Waals surface area contributed by atoms with Crippen molar-refractivity contribution in [3.8, 4) is 0 Å². The van der Waals surface area contributed by atoms with Crippen molar-refractivity contribution in [3.63, 3.8) is 0 Å². The highest BCUT2D eigenvalue weighted by Gasteiger charge is 2.15. The summed E-state index contributed by atoms with van der Waals surface area (Å²) < 4.78 is 0. The molecule has 94 valence electrons. The molecule has 0 unspecified atom stereocenters. The molecule has 0 aliphatic rings. The summed E-state index contributed by atoms with van der Waals surface area (Å²) in [5, 5.41) is 11.1. The van der Waals surface area contributed by atoms with Crippen LogP contribution in [-0.4, -0.2) is 29.6 Å². The molecule has 4 N–H and O–H groups in total. The molecule has 0 aliphatic carbocycles. The van der Waals surface area contributed by atoms with Crippen LogP contribution in [0.2, 0.25) is 0 Å². The molecule has 0 aliphatic heterocycles. The van der Waals surface area contributed by atoms with Gasteiger partial charge in [0.1, 0.15) is 0 Å². The normalized spacial score (nSPS) is 13.2. The number of nitrogens with one attached hydrogen (secondary N) is 1.